The summed E-state index contributed by atoms with van der Waals surface area (Å²) in [6.45, 7) is 0.0358. The van der Waals surface area contributed by atoms with Crippen molar-refractivity contribution in [3.05, 3.63) is 52.5 Å². The topological polar surface area (TPSA) is 58.6 Å². The molecule has 1 aliphatic rings. The van der Waals surface area contributed by atoms with E-state index in [0.717, 1.165) is 4.47 Å². The van der Waals surface area contributed by atoms with Gasteiger partial charge in [-0.1, -0.05) is 15.9 Å². The highest BCUT2D eigenvalue weighted by Gasteiger charge is 2.22. The minimum absolute atomic E-state index is 0.0358. The summed E-state index contributed by atoms with van der Waals surface area (Å²) in [7, 11) is 1.68. The number of benzene rings is 2. The first-order valence-electron chi connectivity index (χ1n) is 6.65. The number of halogens is 1. The zero-order valence-electron chi connectivity index (χ0n) is 11.8. The summed E-state index contributed by atoms with van der Waals surface area (Å²) in [6, 6.07) is 12.3. The molecule has 1 heterocycles. The van der Waals surface area contributed by atoms with Gasteiger partial charge in [-0.2, -0.15) is 0 Å². The van der Waals surface area contributed by atoms with E-state index in [1.165, 1.54) is 4.90 Å². The van der Waals surface area contributed by atoms with Crippen LogP contribution in [-0.2, 0) is 4.79 Å². The van der Waals surface area contributed by atoms with Gasteiger partial charge in [-0.25, -0.2) is 0 Å². The van der Waals surface area contributed by atoms with Gasteiger partial charge in [0.1, 0.15) is 5.75 Å². The molecule has 0 saturated carbocycles. The van der Waals surface area contributed by atoms with Crippen LogP contribution in [0.25, 0.3) is 0 Å². The molecule has 112 valence electrons. The zero-order chi connectivity index (χ0) is 15.7. The largest absolute Gasteiger partial charge is 0.482 e. The molecule has 0 radical (unpaired) electrons. The van der Waals surface area contributed by atoms with Crippen molar-refractivity contribution in [2.24, 2.45) is 0 Å². The smallest absolute Gasteiger partial charge is 0.264 e. The van der Waals surface area contributed by atoms with Gasteiger partial charge in [0, 0.05) is 22.8 Å². The Labute approximate surface area is 136 Å². The predicted molar refractivity (Wildman–Crippen MR) is 87.4 cm³/mol. The molecule has 0 fully saturated rings. The molecular weight excluding hydrogens is 348 g/mol. The average molecular weight is 361 g/mol. The second kappa shape index (κ2) is 5.81. The predicted octanol–water partition coefficient (Wildman–Crippen LogP) is 3.06. The van der Waals surface area contributed by atoms with E-state index in [0.29, 0.717) is 22.7 Å². The molecular formula is C16H13BrN2O3. The molecule has 2 aromatic rings. The molecule has 0 aliphatic carbocycles. The maximum atomic E-state index is 12.2. The summed E-state index contributed by atoms with van der Waals surface area (Å²) in [5, 5.41) is 2.82. The number of rotatable bonds is 2. The van der Waals surface area contributed by atoms with Crippen LogP contribution in [0.1, 0.15) is 10.4 Å². The van der Waals surface area contributed by atoms with E-state index in [9.17, 15) is 9.59 Å². The molecule has 22 heavy (non-hydrogen) atoms. The Balaban J connectivity index is 1.83. The SMILES string of the molecule is CN1C(=O)COc2ccc(NC(=O)c3ccc(Br)cc3)cc21. The van der Waals surface area contributed by atoms with Gasteiger partial charge >= 0.3 is 0 Å². The third-order valence-corrected chi connectivity index (χ3v) is 3.94. The number of anilines is 2. The minimum atomic E-state index is -0.210. The van der Waals surface area contributed by atoms with Crippen LogP contribution in [0.4, 0.5) is 11.4 Å². The molecule has 0 aromatic heterocycles. The molecule has 2 aromatic carbocycles. The van der Waals surface area contributed by atoms with Gasteiger partial charge in [0.05, 0.1) is 5.69 Å². The van der Waals surface area contributed by atoms with Crippen molar-refractivity contribution in [3.8, 4) is 5.75 Å². The zero-order valence-corrected chi connectivity index (χ0v) is 13.4. The maximum Gasteiger partial charge on any atom is 0.264 e. The van der Waals surface area contributed by atoms with E-state index >= 15 is 0 Å². The monoisotopic (exact) mass is 360 g/mol. The van der Waals surface area contributed by atoms with Crippen LogP contribution in [0.3, 0.4) is 0 Å². The number of carbonyl (C=O) groups excluding carboxylic acids is 2. The lowest BCUT2D eigenvalue weighted by atomic mass is 10.2. The van der Waals surface area contributed by atoms with Crippen LogP contribution in [0.15, 0.2) is 46.9 Å². The lowest BCUT2D eigenvalue weighted by Gasteiger charge is -2.26. The Kier molecular flexibility index (Phi) is 3.85. The van der Waals surface area contributed by atoms with Gasteiger partial charge < -0.3 is 15.0 Å². The Bertz CT molecular complexity index is 744. The first-order chi connectivity index (χ1) is 10.5. The molecule has 1 N–H and O–H groups in total. The third-order valence-electron chi connectivity index (χ3n) is 3.41. The number of fused-ring (bicyclic) bond motifs is 1. The molecule has 2 amide bonds. The Morgan fingerprint density at radius 2 is 1.95 bits per heavy atom. The van der Waals surface area contributed by atoms with Crippen molar-refractivity contribution < 1.29 is 14.3 Å². The number of nitrogens with one attached hydrogen (secondary N) is 1. The van der Waals surface area contributed by atoms with Crippen molar-refractivity contribution >= 4 is 39.1 Å². The first-order valence-corrected chi connectivity index (χ1v) is 7.44. The maximum absolute atomic E-state index is 12.2. The summed E-state index contributed by atoms with van der Waals surface area (Å²) < 4.78 is 6.27. The van der Waals surface area contributed by atoms with E-state index in [1.54, 1.807) is 37.4 Å². The van der Waals surface area contributed by atoms with Crippen molar-refractivity contribution in [1.82, 2.24) is 0 Å². The lowest BCUT2D eigenvalue weighted by Crippen LogP contribution is -2.35. The molecule has 0 bridgehead atoms. The Hall–Kier alpha value is -2.34. The first kappa shape index (κ1) is 14.6. The summed E-state index contributed by atoms with van der Waals surface area (Å²) >= 11 is 3.33. The van der Waals surface area contributed by atoms with Crippen LogP contribution in [0, 0.1) is 0 Å². The van der Waals surface area contributed by atoms with Gasteiger partial charge in [-0.05, 0) is 42.5 Å². The van der Waals surface area contributed by atoms with Crippen LogP contribution in [-0.4, -0.2) is 25.5 Å². The highest BCUT2D eigenvalue weighted by atomic mass is 79.9. The number of nitrogens with zero attached hydrogens (tertiary/aromatic N) is 1. The number of amides is 2. The van der Waals surface area contributed by atoms with Crippen LogP contribution >= 0.6 is 15.9 Å². The lowest BCUT2D eigenvalue weighted by molar-refractivity contribution is -0.120. The van der Waals surface area contributed by atoms with Crippen molar-refractivity contribution in [2.75, 3.05) is 23.9 Å². The van der Waals surface area contributed by atoms with Crippen LogP contribution in [0.2, 0.25) is 0 Å². The van der Waals surface area contributed by atoms with E-state index in [1.807, 2.05) is 12.1 Å². The second-order valence-corrected chi connectivity index (χ2v) is 5.80. The van der Waals surface area contributed by atoms with E-state index < -0.39 is 0 Å². The number of likely N-dealkylation sites (N-methyl/N-ethyl adjacent to an activating group) is 1. The van der Waals surface area contributed by atoms with Crippen molar-refractivity contribution in [1.29, 1.82) is 0 Å². The fraction of sp³-hybridized carbons (Fsp3) is 0.125. The summed E-state index contributed by atoms with van der Waals surface area (Å²) in [4.78, 5) is 25.4. The minimum Gasteiger partial charge on any atom is -0.482 e. The normalized spacial score (nSPS) is 13.4. The van der Waals surface area contributed by atoms with Crippen LogP contribution in [0.5, 0.6) is 5.75 Å². The molecule has 0 spiro atoms. The molecule has 3 rings (SSSR count). The highest BCUT2D eigenvalue weighted by Crippen LogP contribution is 2.33. The fourth-order valence-corrected chi connectivity index (χ4v) is 2.42. The third kappa shape index (κ3) is 2.82. The van der Waals surface area contributed by atoms with Gasteiger partial charge in [-0.3, -0.25) is 9.59 Å². The Morgan fingerprint density at radius 1 is 1.23 bits per heavy atom. The van der Waals surface area contributed by atoms with E-state index in [-0.39, 0.29) is 18.4 Å². The van der Waals surface area contributed by atoms with E-state index in [2.05, 4.69) is 21.2 Å². The van der Waals surface area contributed by atoms with Crippen molar-refractivity contribution in [2.45, 2.75) is 0 Å². The second-order valence-electron chi connectivity index (χ2n) is 4.88. The number of hydrogen-bond acceptors (Lipinski definition) is 3. The Morgan fingerprint density at radius 3 is 2.68 bits per heavy atom. The molecule has 6 heteroatoms. The summed E-state index contributed by atoms with van der Waals surface area (Å²) in [5.41, 5.74) is 1.81. The average Bonchev–Trinajstić information content (AvgIpc) is 2.52. The molecule has 0 unspecified atom stereocenters. The van der Waals surface area contributed by atoms with Gasteiger partial charge in [-0.15, -0.1) is 0 Å². The van der Waals surface area contributed by atoms with Crippen LogP contribution < -0.4 is 15.0 Å². The molecule has 1 aliphatic heterocycles. The molecule has 0 atom stereocenters. The molecule has 5 nitrogen and oxygen atoms in total. The fourth-order valence-electron chi connectivity index (χ4n) is 2.15. The van der Waals surface area contributed by atoms with Gasteiger partial charge in [0.15, 0.2) is 6.61 Å². The van der Waals surface area contributed by atoms with Gasteiger partial charge in [0.25, 0.3) is 11.8 Å². The number of ether oxygens (including phenoxy) is 1. The van der Waals surface area contributed by atoms with Gasteiger partial charge in [0.2, 0.25) is 0 Å². The summed E-state index contributed by atoms with van der Waals surface area (Å²) in [5.74, 6) is 0.297. The number of carbonyl (C=O) groups is 2. The number of hydrogen-bond donors (Lipinski definition) is 1. The van der Waals surface area contributed by atoms with Crippen molar-refractivity contribution in [3.63, 3.8) is 0 Å². The molecule has 0 saturated heterocycles. The highest BCUT2D eigenvalue weighted by molar-refractivity contribution is 9.10. The quantitative estimate of drug-likeness (QED) is 0.895. The van der Waals surface area contributed by atoms with E-state index in [4.69, 9.17) is 4.74 Å². The summed E-state index contributed by atoms with van der Waals surface area (Å²) in [6.07, 6.45) is 0. The standard InChI is InChI=1S/C16H13BrN2O3/c1-19-13-8-12(6-7-14(13)22-9-15(19)20)18-16(21)10-2-4-11(17)5-3-10/h2-8H,9H2,1H3,(H,18,21).